The molecule has 11 heteroatoms. The summed E-state index contributed by atoms with van der Waals surface area (Å²) in [5.74, 6) is -2.61. The number of barbiturate groups is 1. The Hall–Kier alpha value is -3.86. The van der Waals surface area contributed by atoms with Crippen molar-refractivity contribution in [2.24, 2.45) is 0 Å². The number of carboxylic acid groups (broad SMARTS) is 1. The maximum absolute atomic E-state index is 13.0. The van der Waals surface area contributed by atoms with Crippen LogP contribution in [0, 0.1) is 0 Å². The Balaban J connectivity index is 2.00. The smallest absolute Gasteiger partial charge is 0.341 e. The van der Waals surface area contributed by atoms with Crippen molar-refractivity contribution in [1.82, 2.24) is 5.32 Å². The second-order valence-corrected chi connectivity index (χ2v) is 7.27. The lowest BCUT2D eigenvalue weighted by atomic mass is 10.1. The van der Waals surface area contributed by atoms with Gasteiger partial charge in [0.05, 0.1) is 16.8 Å². The van der Waals surface area contributed by atoms with E-state index in [1.165, 1.54) is 42.5 Å². The van der Waals surface area contributed by atoms with Gasteiger partial charge < -0.3 is 19.7 Å². The molecule has 3 N–H and O–H groups in total. The Morgan fingerprint density at radius 2 is 1.84 bits per heavy atom. The quantitative estimate of drug-likeness (QED) is 0.385. The summed E-state index contributed by atoms with van der Waals surface area (Å²) in [5, 5.41) is 20.4. The number of aromatic hydroxyl groups is 1. The average Bonchev–Trinajstić information content (AvgIpc) is 2.72. The number of imide groups is 2. The van der Waals surface area contributed by atoms with Crippen LogP contribution in [0.15, 0.2) is 46.4 Å². The summed E-state index contributed by atoms with van der Waals surface area (Å²) in [7, 11) is 0. The number of phenolic OH excluding ortho intramolecular Hbond substituents is 1. The van der Waals surface area contributed by atoms with Gasteiger partial charge in [0.25, 0.3) is 11.8 Å². The summed E-state index contributed by atoms with van der Waals surface area (Å²) in [6.45, 7) is 1.38. The minimum Gasteiger partial charge on any atom is -0.508 e. The molecular formula is C21H17BrN2O8. The molecule has 2 aromatic carbocycles. The molecule has 0 saturated carbocycles. The van der Waals surface area contributed by atoms with Crippen LogP contribution < -0.4 is 19.7 Å². The van der Waals surface area contributed by atoms with E-state index in [1.807, 2.05) is 0 Å². The molecule has 3 rings (SSSR count). The minimum absolute atomic E-state index is 0.0519. The number of halogens is 1. The van der Waals surface area contributed by atoms with Crippen molar-refractivity contribution in [3.8, 4) is 17.2 Å². The van der Waals surface area contributed by atoms with Crippen LogP contribution in [-0.4, -0.2) is 47.2 Å². The first-order valence-electron chi connectivity index (χ1n) is 9.22. The van der Waals surface area contributed by atoms with Gasteiger partial charge in [-0.05, 0) is 70.9 Å². The number of hydrogen-bond acceptors (Lipinski definition) is 7. The number of phenols is 1. The first kappa shape index (κ1) is 22.8. The van der Waals surface area contributed by atoms with Crippen LogP contribution in [0.2, 0.25) is 0 Å². The van der Waals surface area contributed by atoms with Crippen LogP contribution >= 0.6 is 15.9 Å². The molecule has 0 aliphatic carbocycles. The standard InChI is InChI=1S/C21H17BrN2O8/c1-2-31-16-9-11(8-15(22)18(16)32-10-17(26)27)7-14-19(28)23-21(30)24(20(14)29)12-3-5-13(25)6-4-12/h3-9,25H,2,10H2,1H3,(H,26,27)(H,23,28,30)/b14-7+. The minimum atomic E-state index is -1.17. The normalized spacial score (nSPS) is 15.0. The van der Waals surface area contributed by atoms with Crippen molar-refractivity contribution in [2.75, 3.05) is 18.1 Å². The summed E-state index contributed by atoms with van der Waals surface area (Å²) in [4.78, 5) is 49.2. The number of hydrogen-bond donors (Lipinski definition) is 3. The van der Waals surface area contributed by atoms with E-state index in [4.69, 9.17) is 14.6 Å². The van der Waals surface area contributed by atoms with E-state index in [1.54, 1.807) is 6.92 Å². The molecule has 0 spiro atoms. The number of amides is 4. The summed E-state index contributed by atoms with van der Waals surface area (Å²) in [5.41, 5.74) is 0.213. The monoisotopic (exact) mass is 504 g/mol. The summed E-state index contributed by atoms with van der Waals surface area (Å²) in [6.07, 6.45) is 1.27. The van der Waals surface area contributed by atoms with Gasteiger partial charge in [-0.3, -0.25) is 14.9 Å². The Morgan fingerprint density at radius 1 is 1.16 bits per heavy atom. The molecule has 32 heavy (non-hydrogen) atoms. The van der Waals surface area contributed by atoms with E-state index >= 15 is 0 Å². The van der Waals surface area contributed by atoms with Gasteiger partial charge in [0.15, 0.2) is 18.1 Å². The van der Waals surface area contributed by atoms with Crippen LogP contribution in [0.3, 0.4) is 0 Å². The summed E-state index contributed by atoms with van der Waals surface area (Å²) >= 11 is 3.28. The van der Waals surface area contributed by atoms with Crippen LogP contribution in [0.25, 0.3) is 6.08 Å². The van der Waals surface area contributed by atoms with E-state index in [-0.39, 0.29) is 35.1 Å². The van der Waals surface area contributed by atoms with Crippen molar-refractivity contribution in [2.45, 2.75) is 6.92 Å². The lowest BCUT2D eigenvalue weighted by molar-refractivity contribution is -0.139. The zero-order valence-corrected chi connectivity index (χ0v) is 18.2. The highest BCUT2D eigenvalue weighted by Gasteiger charge is 2.36. The highest BCUT2D eigenvalue weighted by molar-refractivity contribution is 9.10. The number of benzene rings is 2. The fraction of sp³-hybridized carbons (Fsp3) is 0.143. The predicted octanol–water partition coefficient (Wildman–Crippen LogP) is 2.68. The molecule has 2 aromatic rings. The molecule has 10 nitrogen and oxygen atoms in total. The largest absolute Gasteiger partial charge is 0.508 e. The lowest BCUT2D eigenvalue weighted by Crippen LogP contribution is -2.54. The van der Waals surface area contributed by atoms with Gasteiger partial charge in [-0.1, -0.05) is 0 Å². The molecule has 1 aliphatic heterocycles. The molecule has 166 valence electrons. The zero-order chi connectivity index (χ0) is 23.4. The predicted molar refractivity (Wildman–Crippen MR) is 116 cm³/mol. The first-order valence-corrected chi connectivity index (χ1v) is 10.0. The summed E-state index contributed by atoms with van der Waals surface area (Å²) < 4.78 is 11.1. The number of ether oxygens (including phenoxy) is 2. The lowest BCUT2D eigenvalue weighted by Gasteiger charge is -2.26. The molecule has 0 atom stereocenters. The third-order valence-corrected chi connectivity index (χ3v) is 4.78. The number of nitrogens with zero attached hydrogens (tertiary/aromatic N) is 1. The highest BCUT2D eigenvalue weighted by atomic mass is 79.9. The van der Waals surface area contributed by atoms with E-state index in [0.717, 1.165) is 4.90 Å². The van der Waals surface area contributed by atoms with E-state index in [2.05, 4.69) is 21.2 Å². The Labute approximate surface area is 190 Å². The van der Waals surface area contributed by atoms with Crippen LogP contribution in [0.5, 0.6) is 17.2 Å². The van der Waals surface area contributed by atoms with Gasteiger partial charge in [0.2, 0.25) is 0 Å². The van der Waals surface area contributed by atoms with Gasteiger partial charge >= 0.3 is 12.0 Å². The number of anilines is 1. The second kappa shape index (κ2) is 9.52. The Morgan fingerprint density at radius 3 is 2.47 bits per heavy atom. The SMILES string of the molecule is CCOc1cc(/C=C2\C(=O)NC(=O)N(c3ccc(O)cc3)C2=O)cc(Br)c1OCC(=O)O. The fourth-order valence-electron chi connectivity index (χ4n) is 2.87. The maximum atomic E-state index is 13.0. The molecule has 4 amide bonds. The number of carboxylic acids is 1. The van der Waals surface area contributed by atoms with Crippen LogP contribution in [-0.2, 0) is 14.4 Å². The van der Waals surface area contributed by atoms with Crippen molar-refractivity contribution in [1.29, 1.82) is 0 Å². The average molecular weight is 505 g/mol. The van der Waals surface area contributed by atoms with Gasteiger partial charge in [-0.15, -0.1) is 0 Å². The summed E-state index contributed by atoms with van der Waals surface area (Å²) in [6, 6.07) is 7.39. The van der Waals surface area contributed by atoms with Crippen molar-refractivity contribution >= 4 is 51.5 Å². The molecule has 1 fully saturated rings. The molecule has 0 unspecified atom stereocenters. The molecule has 1 aliphatic rings. The molecule has 1 heterocycles. The molecule has 0 bridgehead atoms. The fourth-order valence-corrected chi connectivity index (χ4v) is 3.44. The van der Waals surface area contributed by atoms with Gasteiger partial charge in [-0.2, -0.15) is 0 Å². The molecule has 1 saturated heterocycles. The van der Waals surface area contributed by atoms with Crippen molar-refractivity contribution in [3.63, 3.8) is 0 Å². The van der Waals surface area contributed by atoms with Crippen LogP contribution in [0.1, 0.15) is 12.5 Å². The molecule has 0 aromatic heterocycles. The van der Waals surface area contributed by atoms with Gasteiger partial charge in [0, 0.05) is 0 Å². The second-order valence-electron chi connectivity index (χ2n) is 6.42. The Bertz CT molecular complexity index is 1130. The van der Waals surface area contributed by atoms with Gasteiger partial charge in [0.1, 0.15) is 11.3 Å². The number of carbonyl (C=O) groups is 4. The first-order chi connectivity index (χ1) is 15.2. The number of aliphatic carboxylic acids is 1. The third kappa shape index (κ3) is 4.89. The number of rotatable bonds is 7. The number of nitrogens with one attached hydrogen (secondary N) is 1. The van der Waals surface area contributed by atoms with Crippen LogP contribution in [0.4, 0.5) is 10.5 Å². The topological polar surface area (TPSA) is 142 Å². The van der Waals surface area contributed by atoms with Crippen molar-refractivity contribution < 1.29 is 38.9 Å². The zero-order valence-electron chi connectivity index (χ0n) is 16.6. The molecule has 0 radical (unpaired) electrons. The number of carbonyl (C=O) groups excluding carboxylic acids is 3. The van der Waals surface area contributed by atoms with E-state index in [9.17, 15) is 24.3 Å². The third-order valence-electron chi connectivity index (χ3n) is 4.19. The van der Waals surface area contributed by atoms with Gasteiger partial charge in [-0.25, -0.2) is 14.5 Å². The van der Waals surface area contributed by atoms with E-state index in [0.29, 0.717) is 10.0 Å². The van der Waals surface area contributed by atoms with E-state index < -0.39 is 30.4 Å². The Kier molecular flexibility index (Phi) is 6.79. The number of urea groups is 1. The van der Waals surface area contributed by atoms with Crippen molar-refractivity contribution in [3.05, 3.63) is 52.0 Å². The maximum Gasteiger partial charge on any atom is 0.341 e. The highest BCUT2D eigenvalue weighted by Crippen LogP contribution is 2.38. The molecular weight excluding hydrogens is 488 g/mol.